The van der Waals surface area contributed by atoms with Gasteiger partial charge in [-0.3, -0.25) is 14.4 Å². The second-order valence-corrected chi connectivity index (χ2v) is 8.29. The van der Waals surface area contributed by atoms with Crippen LogP contribution in [0.3, 0.4) is 0 Å². The molecule has 0 spiro atoms. The van der Waals surface area contributed by atoms with Gasteiger partial charge in [-0.1, -0.05) is 31.2 Å². The zero-order valence-corrected chi connectivity index (χ0v) is 18.4. The molecule has 2 aromatic carbocycles. The Hall–Kier alpha value is -3.10. The van der Waals surface area contributed by atoms with Crippen LogP contribution in [0.15, 0.2) is 59.5 Å². The lowest BCUT2D eigenvalue weighted by Gasteiger charge is -2.33. The van der Waals surface area contributed by atoms with Crippen molar-refractivity contribution in [2.24, 2.45) is 0 Å². The van der Waals surface area contributed by atoms with Gasteiger partial charge in [0.25, 0.3) is 0 Å². The number of hydrogen-bond donors (Lipinski definition) is 0. The fraction of sp³-hybridized carbons (Fsp3) is 0.360. The van der Waals surface area contributed by atoms with E-state index in [-0.39, 0.29) is 41.2 Å². The molecule has 0 aliphatic carbocycles. The van der Waals surface area contributed by atoms with Crippen LogP contribution in [0.25, 0.3) is 0 Å². The molecule has 33 heavy (non-hydrogen) atoms. The molecule has 0 amide bonds. The van der Waals surface area contributed by atoms with E-state index >= 15 is 0 Å². The van der Waals surface area contributed by atoms with E-state index in [1.807, 2.05) is 26.0 Å². The summed E-state index contributed by atoms with van der Waals surface area (Å²) in [6.45, 7) is 5.40. The highest BCUT2D eigenvalue weighted by molar-refractivity contribution is 5.38. The van der Waals surface area contributed by atoms with Gasteiger partial charge in [-0.05, 0) is 48.9 Å². The Kier molecular flexibility index (Phi) is 5.72. The van der Waals surface area contributed by atoms with E-state index in [0.717, 1.165) is 0 Å². The molecule has 8 heteroatoms. The van der Waals surface area contributed by atoms with Crippen LogP contribution in [0.2, 0.25) is 0 Å². The van der Waals surface area contributed by atoms with E-state index in [2.05, 4.69) is 10.00 Å². The first-order chi connectivity index (χ1) is 16.0. The second kappa shape index (κ2) is 8.68. The van der Waals surface area contributed by atoms with Crippen molar-refractivity contribution in [2.75, 3.05) is 19.7 Å². The van der Waals surface area contributed by atoms with Gasteiger partial charge in [0.15, 0.2) is 5.75 Å². The first-order valence-corrected chi connectivity index (χ1v) is 11.2. The Bertz CT molecular complexity index is 1190. The lowest BCUT2D eigenvalue weighted by molar-refractivity contribution is 0.144. The number of rotatable bonds is 6. The van der Waals surface area contributed by atoms with Gasteiger partial charge in [0, 0.05) is 12.5 Å². The van der Waals surface area contributed by atoms with Gasteiger partial charge in [0.2, 0.25) is 5.43 Å². The summed E-state index contributed by atoms with van der Waals surface area (Å²) in [7, 11) is 0. The molecule has 2 aliphatic heterocycles. The zero-order chi connectivity index (χ0) is 23.1. The Morgan fingerprint density at radius 3 is 2.36 bits per heavy atom. The number of halogens is 2. The minimum Gasteiger partial charge on any atom is -0.488 e. The van der Waals surface area contributed by atoms with Crippen molar-refractivity contribution in [3.63, 3.8) is 0 Å². The van der Waals surface area contributed by atoms with Crippen molar-refractivity contribution in [3.05, 3.63) is 93.4 Å². The fourth-order valence-corrected chi connectivity index (χ4v) is 4.87. The van der Waals surface area contributed by atoms with Crippen LogP contribution < -0.4 is 10.2 Å². The van der Waals surface area contributed by atoms with Gasteiger partial charge >= 0.3 is 0 Å². The quantitative estimate of drug-likeness (QED) is 0.528. The molecule has 3 heterocycles. The van der Waals surface area contributed by atoms with Crippen molar-refractivity contribution < 1.29 is 18.3 Å². The molecule has 172 valence electrons. The molecule has 6 nitrogen and oxygen atoms in total. The molecule has 5 rings (SSSR count). The number of hydrogen-bond acceptors (Lipinski definition) is 5. The average Bonchev–Trinajstić information content (AvgIpc) is 3.59. The molecule has 2 aliphatic rings. The summed E-state index contributed by atoms with van der Waals surface area (Å²) in [5.74, 6) is -0.945. The Labute approximate surface area is 190 Å². The van der Waals surface area contributed by atoms with Crippen LogP contribution in [0.1, 0.15) is 48.7 Å². The topological polar surface area (TPSA) is 59.9 Å². The summed E-state index contributed by atoms with van der Waals surface area (Å²) in [6, 6.07) is 12.3. The van der Waals surface area contributed by atoms with Crippen molar-refractivity contribution in [1.29, 1.82) is 0 Å². The molecule has 1 fully saturated rings. The normalized spacial score (nSPS) is 21.9. The number of epoxide rings is 1. The zero-order valence-electron chi connectivity index (χ0n) is 18.4. The maximum absolute atomic E-state index is 14.3. The summed E-state index contributed by atoms with van der Waals surface area (Å²) in [6.07, 6.45) is 0.697. The summed E-state index contributed by atoms with van der Waals surface area (Å²) < 4.78 is 42.1. The van der Waals surface area contributed by atoms with Gasteiger partial charge in [0.05, 0.1) is 18.8 Å². The van der Waals surface area contributed by atoms with Crippen molar-refractivity contribution in [2.45, 2.75) is 38.1 Å². The van der Waals surface area contributed by atoms with Crippen molar-refractivity contribution in [1.82, 2.24) is 14.7 Å². The van der Waals surface area contributed by atoms with Crippen LogP contribution in [0.5, 0.6) is 5.75 Å². The maximum Gasteiger partial charge on any atom is 0.242 e. The molecular formula is C25H25F2N3O3. The summed E-state index contributed by atoms with van der Waals surface area (Å²) in [5, 5.41) is 4.50. The number of aromatic nitrogens is 2. The van der Waals surface area contributed by atoms with E-state index in [4.69, 9.17) is 9.47 Å². The molecule has 3 atom stereocenters. The Balaban J connectivity index is 1.74. The summed E-state index contributed by atoms with van der Waals surface area (Å²) in [5.41, 5.74) is 1.66. The van der Waals surface area contributed by atoms with Crippen molar-refractivity contribution in [3.8, 4) is 5.75 Å². The highest BCUT2D eigenvalue weighted by Gasteiger charge is 2.52. The van der Waals surface area contributed by atoms with Gasteiger partial charge in [-0.2, -0.15) is 5.10 Å². The summed E-state index contributed by atoms with van der Waals surface area (Å²) >= 11 is 0. The summed E-state index contributed by atoms with van der Waals surface area (Å²) in [4.78, 5) is 14.8. The monoisotopic (exact) mass is 453 g/mol. The molecule has 1 aromatic heterocycles. The molecule has 0 bridgehead atoms. The van der Waals surface area contributed by atoms with Crippen LogP contribution >= 0.6 is 0 Å². The fourth-order valence-electron chi connectivity index (χ4n) is 4.87. The van der Waals surface area contributed by atoms with Gasteiger partial charge in [-0.15, -0.1) is 0 Å². The standard InChI is InChI=1S/C25H25F2N3O3/c1-3-29-14-19(30-22(24-25(29)33-24)23(32-4-2)20(31)13-28-30)21(15-7-5-9-17(26)11-15)16-8-6-10-18(27)12-16/h5-13,19,21,24-25H,3-4,14H2,1-2H3/t19-,24?,25?/m1/s1. The van der Waals surface area contributed by atoms with E-state index in [9.17, 15) is 13.6 Å². The smallest absolute Gasteiger partial charge is 0.242 e. The van der Waals surface area contributed by atoms with Crippen LogP contribution in [0.4, 0.5) is 8.78 Å². The molecule has 0 saturated carbocycles. The lowest BCUT2D eigenvalue weighted by Crippen LogP contribution is -2.36. The minimum absolute atomic E-state index is 0.199. The molecular weight excluding hydrogens is 428 g/mol. The SMILES string of the molecule is CCOc1c2n(ncc1=O)[C@@H](C(c1cccc(F)c1)c1cccc(F)c1)CN(CC)C1OC21. The number of fused-ring (bicyclic) bond motifs is 3. The van der Waals surface area contributed by atoms with E-state index in [1.165, 1.54) is 30.5 Å². The average molecular weight is 453 g/mol. The second-order valence-electron chi connectivity index (χ2n) is 8.29. The minimum atomic E-state index is -0.425. The lowest BCUT2D eigenvalue weighted by atomic mass is 9.84. The molecule has 2 unspecified atom stereocenters. The number of nitrogens with zero attached hydrogens (tertiary/aromatic N) is 3. The van der Waals surface area contributed by atoms with E-state index in [0.29, 0.717) is 36.5 Å². The molecule has 3 aromatic rings. The highest BCUT2D eigenvalue weighted by atomic mass is 19.1. The predicted molar refractivity (Wildman–Crippen MR) is 118 cm³/mol. The maximum atomic E-state index is 14.3. The van der Waals surface area contributed by atoms with Gasteiger partial charge < -0.3 is 9.47 Å². The third-order valence-electron chi connectivity index (χ3n) is 6.33. The van der Waals surface area contributed by atoms with E-state index in [1.54, 1.807) is 16.8 Å². The van der Waals surface area contributed by atoms with Crippen LogP contribution in [-0.4, -0.2) is 40.6 Å². The Morgan fingerprint density at radius 1 is 1.12 bits per heavy atom. The largest absolute Gasteiger partial charge is 0.488 e. The first-order valence-electron chi connectivity index (χ1n) is 11.2. The predicted octanol–water partition coefficient (Wildman–Crippen LogP) is 4.03. The number of likely N-dealkylation sites (N-methyl/N-ethyl adjacent to an activating group) is 1. The number of ether oxygens (including phenoxy) is 2. The first kappa shape index (κ1) is 21.7. The molecule has 0 radical (unpaired) electrons. The van der Waals surface area contributed by atoms with Crippen LogP contribution in [0, 0.1) is 11.6 Å². The third-order valence-corrected chi connectivity index (χ3v) is 6.33. The van der Waals surface area contributed by atoms with Gasteiger partial charge in [-0.25, -0.2) is 8.78 Å². The van der Waals surface area contributed by atoms with Crippen LogP contribution in [-0.2, 0) is 4.74 Å². The van der Waals surface area contributed by atoms with Gasteiger partial charge in [0.1, 0.15) is 29.7 Å². The van der Waals surface area contributed by atoms with Crippen molar-refractivity contribution >= 4 is 0 Å². The third kappa shape index (κ3) is 3.94. The highest BCUT2D eigenvalue weighted by Crippen LogP contribution is 2.49. The Morgan fingerprint density at radius 2 is 1.79 bits per heavy atom. The molecule has 1 saturated heterocycles. The number of benzene rings is 2. The molecule has 0 N–H and O–H groups in total. The van der Waals surface area contributed by atoms with E-state index < -0.39 is 5.92 Å².